The SMILES string of the molecule is Cc1cc(C)c(CNc2ccc3oc(=O)[nH]c3c2)c(C)c1. The van der Waals surface area contributed by atoms with E-state index in [-0.39, 0.29) is 0 Å². The van der Waals surface area contributed by atoms with E-state index in [1.807, 2.05) is 12.1 Å². The molecule has 0 bridgehead atoms. The van der Waals surface area contributed by atoms with Crippen molar-refractivity contribution >= 4 is 16.8 Å². The van der Waals surface area contributed by atoms with Crippen LogP contribution in [-0.2, 0) is 6.54 Å². The van der Waals surface area contributed by atoms with Crippen molar-refractivity contribution in [3.63, 3.8) is 0 Å². The third-order valence-corrected chi connectivity index (χ3v) is 3.73. The molecule has 0 atom stereocenters. The summed E-state index contributed by atoms with van der Waals surface area (Å²) >= 11 is 0. The maximum atomic E-state index is 11.2. The Morgan fingerprint density at radius 1 is 1.10 bits per heavy atom. The Morgan fingerprint density at radius 3 is 2.52 bits per heavy atom. The van der Waals surface area contributed by atoms with E-state index in [1.165, 1.54) is 22.3 Å². The first-order valence-electron chi connectivity index (χ1n) is 6.96. The highest BCUT2D eigenvalue weighted by atomic mass is 16.4. The van der Waals surface area contributed by atoms with Gasteiger partial charge in [-0.2, -0.15) is 0 Å². The van der Waals surface area contributed by atoms with Crippen molar-refractivity contribution in [1.29, 1.82) is 0 Å². The molecule has 2 aromatic carbocycles. The van der Waals surface area contributed by atoms with E-state index in [1.54, 1.807) is 6.07 Å². The van der Waals surface area contributed by atoms with Gasteiger partial charge >= 0.3 is 5.76 Å². The molecule has 0 amide bonds. The molecule has 0 saturated carbocycles. The molecule has 1 heterocycles. The van der Waals surface area contributed by atoms with Crippen LogP contribution in [0, 0.1) is 20.8 Å². The van der Waals surface area contributed by atoms with E-state index in [0.717, 1.165) is 12.2 Å². The predicted octanol–water partition coefficient (Wildman–Crippen LogP) is 3.66. The number of rotatable bonds is 3. The molecule has 0 aliphatic heterocycles. The first-order chi connectivity index (χ1) is 10.0. The predicted molar refractivity (Wildman–Crippen MR) is 84.8 cm³/mol. The molecule has 0 aliphatic carbocycles. The van der Waals surface area contributed by atoms with Crippen LogP contribution >= 0.6 is 0 Å². The number of hydrogen-bond acceptors (Lipinski definition) is 3. The summed E-state index contributed by atoms with van der Waals surface area (Å²) in [4.78, 5) is 13.8. The molecule has 4 nitrogen and oxygen atoms in total. The zero-order valence-corrected chi connectivity index (χ0v) is 12.4. The first-order valence-corrected chi connectivity index (χ1v) is 6.96. The molecule has 1 aromatic heterocycles. The fourth-order valence-electron chi connectivity index (χ4n) is 2.74. The highest BCUT2D eigenvalue weighted by Crippen LogP contribution is 2.20. The minimum Gasteiger partial charge on any atom is -0.408 e. The number of aromatic nitrogens is 1. The lowest BCUT2D eigenvalue weighted by Crippen LogP contribution is -2.04. The standard InChI is InChI=1S/C17H18N2O2/c1-10-6-11(2)14(12(3)7-10)9-18-13-4-5-16-15(8-13)19-17(20)21-16/h4-8,18H,9H2,1-3H3,(H,19,20). The molecular formula is C17H18N2O2. The molecular weight excluding hydrogens is 264 g/mol. The zero-order chi connectivity index (χ0) is 15.0. The monoisotopic (exact) mass is 282 g/mol. The molecule has 3 aromatic rings. The van der Waals surface area contributed by atoms with Crippen LogP contribution in [0.15, 0.2) is 39.5 Å². The third kappa shape index (κ3) is 2.70. The molecule has 2 N–H and O–H groups in total. The number of hydrogen-bond donors (Lipinski definition) is 2. The van der Waals surface area contributed by atoms with Crippen molar-refractivity contribution in [3.8, 4) is 0 Å². The summed E-state index contributed by atoms with van der Waals surface area (Å²) in [7, 11) is 0. The highest BCUT2D eigenvalue weighted by molar-refractivity contribution is 5.76. The number of fused-ring (bicyclic) bond motifs is 1. The maximum Gasteiger partial charge on any atom is 0.417 e. The topological polar surface area (TPSA) is 58.0 Å². The number of aromatic amines is 1. The lowest BCUT2D eigenvalue weighted by atomic mass is 10.00. The van der Waals surface area contributed by atoms with Crippen molar-refractivity contribution in [1.82, 2.24) is 4.98 Å². The number of H-pyrrole nitrogens is 1. The fraction of sp³-hybridized carbons (Fsp3) is 0.235. The zero-order valence-electron chi connectivity index (χ0n) is 12.4. The molecule has 4 heteroatoms. The van der Waals surface area contributed by atoms with Crippen LogP contribution < -0.4 is 11.1 Å². The van der Waals surface area contributed by atoms with Crippen LogP contribution in [0.3, 0.4) is 0 Å². The van der Waals surface area contributed by atoms with Gasteiger partial charge in [0.1, 0.15) is 0 Å². The van der Waals surface area contributed by atoms with Gasteiger partial charge in [0.25, 0.3) is 0 Å². The quantitative estimate of drug-likeness (QED) is 0.770. The number of oxazole rings is 1. The first kappa shape index (κ1) is 13.5. The molecule has 0 saturated heterocycles. The van der Waals surface area contributed by atoms with Gasteiger partial charge in [0.05, 0.1) is 5.52 Å². The van der Waals surface area contributed by atoms with E-state index in [2.05, 4.69) is 43.2 Å². The summed E-state index contributed by atoms with van der Waals surface area (Å²) in [5, 5.41) is 3.40. The molecule has 0 aliphatic rings. The summed E-state index contributed by atoms with van der Waals surface area (Å²) in [6.45, 7) is 7.13. The number of benzene rings is 2. The van der Waals surface area contributed by atoms with Gasteiger partial charge in [-0.25, -0.2) is 4.79 Å². The average molecular weight is 282 g/mol. The van der Waals surface area contributed by atoms with Gasteiger partial charge < -0.3 is 9.73 Å². The second-order valence-electron chi connectivity index (χ2n) is 5.46. The van der Waals surface area contributed by atoms with E-state index in [9.17, 15) is 4.79 Å². The minimum absolute atomic E-state index is 0.424. The highest BCUT2D eigenvalue weighted by Gasteiger charge is 2.05. The lowest BCUT2D eigenvalue weighted by Gasteiger charge is -2.13. The van der Waals surface area contributed by atoms with Crippen LogP contribution in [0.5, 0.6) is 0 Å². The summed E-state index contributed by atoms with van der Waals surface area (Å²) < 4.78 is 5.00. The Morgan fingerprint density at radius 2 is 1.81 bits per heavy atom. The molecule has 0 spiro atoms. The largest absolute Gasteiger partial charge is 0.417 e. The third-order valence-electron chi connectivity index (χ3n) is 3.73. The molecule has 21 heavy (non-hydrogen) atoms. The van der Waals surface area contributed by atoms with Gasteiger partial charge in [0.2, 0.25) is 0 Å². The van der Waals surface area contributed by atoms with Gasteiger partial charge in [0.15, 0.2) is 5.58 Å². The second-order valence-corrected chi connectivity index (χ2v) is 5.46. The average Bonchev–Trinajstić information content (AvgIpc) is 2.76. The van der Waals surface area contributed by atoms with Crippen LogP contribution in [0.25, 0.3) is 11.1 Å². The van der Waals surface area contributed by atoms with Crippen LogP contribution in [0.4, 0.5) is 5.69 Å². The van der Waals surface area contributed by atoms with Crippen molar-refractivity contribution in [2.24, 2.45) is 0 Å². The Labute approximate surface area is 122 Å². The van der Waals surface area contributed by atoms with Crippen molar-refractivity contribution in [2.45, 2.75) is 27.3 Å². The van der Waals surface area contributed by atoms with E-state index >= 15 is 0 Å². The molecule has 0 fully saturated rings. The molecule has 3 rings (SSSR count). The Kier molecular flexibility index (Phi) is 3.29. The van der Waals surface area contributed by atoms with Gasteiger partial charge in [-0.15, -0.1) is 0 Å². The molecule has 0 unspecified atom stereocenters. The smallest absolute Gasteiger partial charge is 0.408 e. The minimum atomic E-state index is -0.424. The van der Waals surface area contributed by atoms with Crippen LogP contribution in [0.2, 0.25) is 0 Å². The van der Waals surface area contributed by atoms with Gasteiger partial charge in [-0.1, -0.05) is 17.7 Å². The van der Waals surface area contributed by atoms with Crippen molar-refractivity contribution in [2.75, 3.05) is 5.32 Å². The summed E-state index contributed by atoms with van der Waals surface area (Å²) in [6, 6.07) is 9.99. The molecule has 0 radical (unpaired) electrons. The maximum absolute atomic E-state index is 11.2. The summed E-state index contributed by atoms with van der Waals surface area (Å²) in [6.07, 6.45) is 0. The second kappa shape index (κ2) is 5.13. The van der Waals surface area contributed by atoms with Crippen molar-refractivity contribution in [3.05, 3.63) is 63.1 Å². The summed E-state index contributed by atoms with van der Waals surface area (Å²) in [5.74, 6) is -0.424. The van der Waals surface area contributed by atoms with E-state index in [4.69, 9.17) is 4.42 Å². The van der Waals surface area contributed by atoms with Gasteiger partial charge in [-0.05, 0) is 55.7 Å². The Bertz CT molecular complexity index is 836. The number of aryl methyl sites for hydroxylation is 3. The van der Waals surface area contributed by atoms with E-state index < -0.39 is 5.76 Å². The number of nitrogens with one attached hydrogen (secondary N) is 2. The normalized spacial score (nSPS) is 11.0. The van der Waals surface area contributed by atoms with Gasteiger partial charge in [0, 0.05) is 12.2 Å². The Hall–Kier alpha value is -2.49. The lowest BCUT2D eigenvalue weighted by molar-refractivity contribution is 0.555. The number of anilines is 1. The summed E-state index contributed by atoms with van der Waals surface area (Å²) in [5.41, 5.74) is 7.41. The fourth-order valence-corrected chi connectivity index (χ4v) is 2.74. The van der Waals surface area contributed by atoms with E-state index in [0.29, 0.717) is 11.1 Å². The van der Waals surface area contributed by atoms with Crippen LogP contribution in [-0.4, -0.2) is 4.98 Å². The van der Waals surface area contributed by atoms with Crippen LogP contribution in [0.1, 0.15) is 22.3 Å². The molecule has 108 valence electrons. The van der Waals surface area contributed by atoms with Gasteiger partial charge in [-0.3, -0.25) is 4.98 Å². The van der Waals surface area contributed by atoms with Crippen molar-refractivity contribution < 1.29 is 4.42 Å². The Balaban J connectivity index is 1.84.